The number of benzene rings is 3. The van der Waals surface area contributed by atoms with Gasteiger partial charge in [0.25, 0.3) is 0 Å². The van der Waals surface area contributed by atoms with Crippen molar-refractivity contribution in [1.82, 2.24) is 39.0 Å². The van der Waals surface area contributed by atoms with Crippen LogP contribution in [0.2, 0.25) is 0 Å². The van der Waals surface area contributed by atoms with Crippen molar-refractivity contribution in [2.75, 3.05) is 6.61 Å². The molecule has 0 radical (unpaired) electrons. The number of hydrogen-bond donors (Lipinski definition) is 0. The van der Waals surface area contributed by atoms with Crippen LogP contribution in [0.4, 0.5) is 4.39 Å². The number of carbonyl (C=O) groups excluding carboxylic acids is 2. The lowest BCUT2D eigenvalue weighted by molar-refractivity contribution is -0.162. The maximum absolute atomic E-state index is 16.1. The van der Waals surface area contributed by atoms with Gasteiger partial charge in [-0.3, -0.25) is 14.3 Å². The monoisotopic (exact) mass is 792 g/mol. The summed E-state index contributed by atoms with van der Waals surface area (Å²) < 4.78 is 33.1. The van der Waals surface area contributed by atoms with Gasteiger partial charge in [0.2, 0.25) is 0 Å². The molecule has 0 amide bonds. The minimum absolute atomic E-state index is 0.264. The van der Waals surface area contributed by atoms with Gasteiger partial charge in [0.1, 0.15) is 0 Å². The van der Waals surface area contributed by atoms with Crippen LogP contribution in [0.1, 0.15) is 91.4 Å². The van der Waals surface area contributed by atoms with E-state index in [0.717, 1.165) is 39.4 Å². The van der Waals surface area contributed by atoms with Crippen LogP contribution in [0.5, 0.6) is 5.75 Å². The summed E-state index contributed by atoms with van der Waals surface area (Å²) in [6.45, 7) is 10.1. The summed E-state index contributed by atoms with van der Waals surface area (Å²) in [6, 6.07) is 16.9. The number of carbonyl (C=O) groups is 2. The molecule has 0 fully saturated rings. The minimum atomic E-state index is -0.934. The Labute approximate surface area is 340 Å². The van der Waals surface area contributed by atoms with E-state index in [4.69, 9.17) is 29.6 Å². The molecule has 3 aromatic carbocycles. The van der Waals surface area contributed by atoms with Gasteiger partial charge in [-0.2, -0.15) is 15.3 Å². The Morgan fingerprint density at radius 3 is 1.95 bits per heavy atom. The van der Waals surface area contributed by atoms with Crippen molar-refractivity contribution >= 4 is 45.0 Å². The van der Waals surface area contributed by atoms with Crippen molar-refractivity contribution < 1.29 is 23.5 Å². The standard InChI is InChI=1S/C46H45FN8O4/c1-7-14-32(38-26(4)49-43-30-16-9-11-19-36(30)51-54(43)40(38)28-23-48-53(6)24-28)45(56)59-46(57)33(15-8-2)39-27(5)50-44-31-17-10-12-20-37(31)52-55(44)41(39)34-22-35(47)42-29(25(34)3)18-13-21-58-42/h9-12,16-17,19-20,22-24,32-33H,7-8,13-15,18,21H2,1-6H3. The van der Waals surface area contributed by atoms with Crippen LogP contribution in [-0.4, -0.2) is 57.5 Å². The van der Waals surface area contributed by atoms with Gasteiger partial charge in [0, 0.05) is 63.2 Å². The number of rotatable bonds is 10. The van der Waals surface area contributed by atoms with Gasteiger partial charge in [-0.05, 0) is 82.3 Å². The highest BCUT2D eigenvalue weighted by atomic mass is 19.1. The van der Waals surface area contributed by atoms with E-state index in [1.807, 2.05) is 96.4 Å². The van der Waals surface area contributed by atoms with Crippen molar-refractivity contribution in [3.05, 3.63) is 106 Å². The van der Waals surface area contributed by atoms with Crippen LogP contribution >= 0.6 is 0 Å². The fourth-order valence-electron chi connectivity index (χ4n) is 8.97. The van der Waals surface area contributed by atoms with Gasteiger partial charge in [0.15, 0.2) is 22.9 Å². The first-order valence-corrected chi connectivity index (χ1v) is 20.3. The maximum Gasteiger partial charge on any atom is 0.321 e. The number of esters is 2. The average Bonchev–Trinajstić information content (AvgIpc) is 3.94. The van der Waals surface area contributed by atoms with Gasteiger partial charge >= 0.3 is 11.9 Å². The number of nitrogens with zero attached hydrogens (tertiary/aromatic N) is 8. The number of aryl methyl sites for hydroxylation is 3. The summed E-state index contributed by atoms with van der Waals surface area (Å²) in [6.07, 6.45) is 6.98. The SMILES string of the molecule is CCCC(C(=O)OC(=O)C(CCC)c1c(C)nc2c3ccccc3nn2c1-c1cc(F)c2c(c1C)CCCO2)c1c(C)nc2c3ccccc3nn2c1-c1cnn(C)c1. The molecule has 2 atom stereocenters. The largest absolute Gasteiger partial charge is 0.490 e. The van der Waals surface area contributed by atoms with Gasteiger partial charge in [-0.15, -0.1) is 0 Å². The third-order valence-electron chi connectivity index (χ3n) is 11.7. The van der Waals surface area contributed by atoms with Gasteiger partial charge in [0.05, 0.1) is 47.1 Å². The summed E-state index contributed by atoms with van der Waals surface area (Å²) in [7, 11) is 1.83. The van der Waals surface area contributed by atoms with Gasteiger partial charge < -0.3 is 9.47 Å². The Kier molecular flexibility index (Phi) is 9.69. The van der Waals surface area contributed by atoms with Crippen LogP contribution in [-0.2, 0) is 27.8 Å². The summed E-state index contributed by atoms with van der Waals surface area (Å²) >= 11 is 0. The maximum atomic E-state index is 16.1. The molecule has 1 aliphatic heterocycles. The predicted molar refractivity (Wildman–Crippen MR) is 223 cm³/mol. The van der Waals surface area contributed by atoms with Crippen molar-refractivity contribution in [3.63, 3.8) is 0 Å². The first-order valence-electron chi connectivity index (χ1n) is 20.3. The van der Waals surface area contributed by atoms with Crippen molar-refractivity contribution in [1.29, 1.82) is 0 Å². The number of fused-ring (bicyclic) bond motifs is 7. The molecule has 59 heavy (non-hydrogen) atoms. The zero-order chi connectivity index (χ0) is 41.1. The number of hydrogen-bond acceptors (Lipinski definition) is 9. The Balaban J connectivity index is 1.19. The Bertz CT molecular complexity index is 2980. The lowest BCUT2D eigenvalue weighted by Crippen LogP contribution is -2.27. The quantitative estimate of drug-likeness (QED) is 0.0983. The minimum Gasteiger partial charge on any atom is -0.490 e. The molecule has 0 N–H and O–H groups in total. The fourth-order valence-corrected chi connectivity index (χ4v) is 8.97. The lowest BCUT2D eigenvalue weighted by Gasteiger charge is -2.26. The molecule has 0 aliphatic carbocycles. The van der Waals surface area contributed by atoms with E-state index in [0.29, 0.717) is 95.0 Å². The zero-order valence-electron chi connectivity index (χ0n) is 34.0. The summed E-state index contributed by atoms with van der Waals surface area (Å²) in [4.78, 5) is 39.6. The molecular formula is C46H45FN8O4. The molecule has 5 aromatic heterocycles. The second-order valence-corrected chi connectivity index (χ2v) is 15.5. The van der Waals surface area contributed by atoms with Crippen LogP contribution in [0.15, 0.2) is 67.0 Å². The summed E-state index contributed by atoms with van der Waals surface area (Å²) in [5.74, 6) is -3.40. The topological polar surface area (TPSA) is 131 Å². The van der Waals surface area contributed by atoms with Gasteiger partial charge in [-0.1, -0.05) is 51.0 Å². The highest BCUT2D eigenvalue weighted by Gasteiger charge is 2.37. The zero-order valence-corrected chi connectivity index (χ0v) is 34.0. The third kappa shape index (κ3) is 6.30. The molecule has 0 bridgehead atoms. The van der Waals surface area contributed by atoms with Crippen molar-refractivity contribution in [2.24, 2.45) is 7.05 Å². The van der Waals surface area contributed by atoms with E-state index in [9.17, 15) is 9.59 Å². The second kappa shape index (κ2) is 15.0. The Morgan fingerprint density at radius 1 is 0.831 bits per heavy atom. The van der Waals surface area contributed by atoms with E-state index < -0.39 is 29.6 Å². The summed E-state index contributed by atoms with van der Waals surface area (Å²) in [5.41, 5.74) is 9.22. The normalized spacial score (nSPS) is 13.9. The highest BCUT2D eigenvalue weighted by molar-refractivity contribution is 5.98. The van der Waals surface area contributed by atoms with Crippen LogP contribution in [0.3, 0.4) is 0 Å². The lowest BCUT2D eigenvalue weighted by atomic mass is 9.86. The molecular weight excluding hydrogens is 748 g/mol. The average molecular weight is 793 g/mol. The van der Waals surface area contributed by atoms with E-state index in [1.165, 1.54) is 6.07 Å². The summed E-state index contributed by atoms with van der Waals surface area (Å²) in [5, 5.41) is 16.1. The number of ether oxygens (including phenoxy) is 2. The molecule has 300 valence electrons. The molecule has 0 saturated carbocycles. The molecule has 9 rings (SSSR count). The van der Waals surface area contributed by atoms with Gasteiger partial charge in [-0.25, -0.2) is 23.4 Å². The Morgan fingerprint density at radius 2 is 1.39 bits per heavy atom. The van der Waals surface area contributed by atoms with Crippen molar-refractivity contribution in [3.8, 4) is 28.3 Å². The third-order valence-corrected chi connectivity index (χ3v) is 11.7. The molecule has 0 spiro atoms. The molecule has 2 unspecified atom stereocenters. The molecule has 8 aromatic rings. The predicted octanol–water partition coefficient (Wildman–Crippen LogP) is 9.07. The molecule has 6 heterocycles. The van der Waals surface area contributed by atoms with E-state index in [2.05, 4.69) is 5.10 Å². The second-order valence-electron chi connectivity index (χ2n) is 15.5. The first-order chi connectivity index (χ1) is 28.6. The van der Waals surface area contributed by atoms with Crippen LogP contribution in [0, 0.1) is 26.6 Å². The smallest absolute Gasteiger partial charge is 0.321 e. The highest BCUT2D eigenvalue weighted by Crippen LogP contribution is 2.43. The number of aromatic nitrogens is 8. The first kappa shape index (κ1) is 38.0. The van der Waals surface area contributed by atoms with E-state index in [-0.39, 0.29) is 5.75 Å². The van der Waals surface area contributed by atoms with Crippen LogP contribution < -0.4 is 4.74 Å². The van der Waals surface area contributed by atoms with E-state index >= 15 is 4.39 Å². The number of halogens is 1. The van der Waals surface area contributed by atoms with Crippen LogP contribution in [0.25, 0.3) is 55.6 Å². The molecule has 13 heteroatoms. The Hall–Kier alpha value is -6.50. The fraction of sp³-hybridized carbons (Fsp3) is 0.326. The molecule has 1 aliphatic rings. The molecule has 12 nitrogen and oxygen atoms in total. The van der Waals surface area contributed by atoms with Crippen molar-refractivity contribution in [2.45, 2.75) is 85.0 Å². The van der Waals surface area contributed by atoms with E-state index in [1.54, 1.807) is 19.9 Å². The molecule has 0 saturated heterocycles.